The summed E-state index contributed by atoms with van der Waals surface area (Å²) < 4.78 is 10.8. The number of aromatic nitrogens is 2. The van der Waals surface area contributed by atoms with E-state index in [1.807, 2.05) is 36.9 Å². The van der Waals surface area contributed by atoms with Crippen LogP contribution in [-0.4, -0.2) is 41.3 Å². The van der Waals surface area contributed by atoms with Gasteiger partial charge in [0.05, 0.1) is 12.7 Å². The molecule has 1 unspecified atom stereocenters. The molecule has 1 aliphatic rings. The Morgan fingerprint density at radius 1 is 1.48 bits per heavy atom. The highest BCUT2D eigenvalue weighted by Gasteiger charge is 2.18. The quantitative estimate of drug-likeness (QED) is 0.935. The number of nitrogens with one attached hydrogen (secondary N) is 1. The van der Waals surface area contributed by atoms with Gasteiger partial charge in [-0.25, -0.2) is 0 Å². The highest BCUT2D eigenvalue weighted by atomic mass is 32.2. The van der Waals surface area contributed by atoms with Gasteiger partial charge in [0.25, 0.3) is 0 Å². The predicted molar refractivity (Wildman–Crippen MR) is 83.8 cm³/mol. The van der Waals surface area contributed by atoms with Crippen LogP contribution in [0.15, 0.2) is 22.7 Å². The molecule has 0 aliphatic carbocycles. The summed E-state index contributed by atoms with van der Waals surface area (Å²) in [5.74, 6) is 4.30. The molecule has 3 rings (SSSR count). The van der Waals surface area contributed by atoms with Crippen molar-refractivity contribution in [3.8, 4) is 17.1 Å². The Hall–Kier alpha value is -1.53. The zero-order chi connectivity index (χ0) is 14.7. The minimum absolute atomic E-state index is 0.414. The first kappa shape index (κ1) is 14.4. The predicted octanol–water partition coefficient (Wildman–Crippen LogP) is 2.30. The lowest BCUT2D eigenvalue weighted by atomic mass is 10.1. The minimum atomic E-state index is 0.414. The maximum Gasteiger partial charge on any atom is 0.228 e. The monoisotopic (exact) mass is 305 g/mol. The molecule has 2 aromatic rings. The molecule has 112 valence electrons. The Morgan fingerprint density at radius 2 is 2.38 bits per heavy atom. The average Bonchev–Trinajstić information content (AvgIpc) is 2.96. The summed E-state index contributed by atoms with van der Waals surface area (Å²) in [4.78, 5) is 4.51. The molecule has 0 radical (unpaired) electrons. The molecule has 1 N–H and O–H groups in total. The van der Waals surface area contributed by atoms with Crippen LogP contribution in [0.4, 0.5) is 0 Å². The third-order valence-corrected chi connectivity index (χ3v) is 4.62. The Kier molecular flexibility index (Phi) is 4.45. The second-order valence-corrected chi connectivity index (χ2v) is 6.30. The van der Waals surface area contributed by atoms with Crippen LogP contribution in [0.25, 0.3) is 11.4 Å². The molecule has 1 aliphatic heterocycles. The van der Waals surface area contributed by atoms with Gasteiger partial charge < -0.3 is 14.6 Å². The fourth-order valence-corrected chi connectivity index (χ4v) is 3.34. The summed E-state index contributed by atoms with van der Waals surface area (Å²) in [6, 6.07) is 6.38. The largest absolute Gasteiger partial charge is 0.496 e. The van der Waals surface area contributed by atoms with Crippen molar-refractivity contribution in [3.63, 3.8) is 0 Å². The first-order valence-corrected chi connectivity index (χ1v) is 8.20. The number of methoxy groups -OCH3 is 1. The standard InChI is InChI=1S/C15H19N3O2S/c1-10-3-4-12(13(7-10)19-2)15-17-14(20-18-15)8-11-9-21-6-5-16-11/h3-4,7,11,16H,5-6,8-9H2,1-2H3. The Bertz CT molecular complexity index is 609. The van der Waals surface area contributed by atoms with E-state index < -0.39 is 0 Å². The van der Waals surface area contributed by atoms with E-state index >= 15 is 0 Å². The molecule has 1 aromatic heterocycles. The van der Waals surface area contributed by atoms with Gasteiger partial charge in [-0.05, 0) is 24.6 Å². The van der Waals surface area contributed by atoms with Crippen LogP contribution in [0, 0.1) is 6.92 Å². The van der Waals surface area contributed by atoms with Crippen LogP contribution < -0.4 is 10.1 Å². The van der Waals surface area contributed by atoms with Crippen LogP contribution in [-0.2, 0) is 6.42 Å². The number of thioether (sulfide) groups is 1. The van der Waals surface area contributed by atoms with Gasteiger partial charge in [-0.1, -0.05) is 11.2 Å². The van der Waals surface area contributed by atoms with E-state index in [1.165, 1.54) is 5.75 Å². The second kappa shape index (κ2) is 6.49. The lowest BCUT2D eigenvalue weighted by molar-refractivity contribution is 0.362. The van der Waals surface area contributed by atoms with Crippen LogP contribution in [0.5, 0.6) is 5.75 Å². The van der Waals surface area contributed by atoms with Crippen LogP contribution >= 0.6 is 11.8 Å². The van der Waals surface area contributed by atoms with Gasteiger partial charge in [-0.15, -0.1) is 0 Å². The SMILES string of the molecule is COc1cc(C)ccc1-c1noc(CC2CSCCN2)n1. The van der Waals surface area contributed by atoms with Crippen molar-refractivity contribution in [1.82, 2.24) is 15.5 Å². The number of ether oxygens (including phenoxy) is 1. The third kappa shape index (κ3) is 3.39. The molecule has 0 spiro atoms. The van der Waals surface area contributed by atoms with Gasteiger partial charge >= 0.3 is 0 Å². The fourth-order valence-electron chi connectivity index (χ4n) is 2.39. The normalized spacial score (nSPS) is 18.7. The lowest BCUT2D eigenvalue weighted by Gasteiger charge is -2.21. The first-order chi connectivity index (χ1) is 10.3. The number of hydrogen-bond acceptors (Lipinski definition) is 6. The minimum Gasteiger partial charge on any atom is -0.496 e. The van der Waals surface area contributed by atoms with Crippen molar-refractivity contribution in [2.24, 2.45) is 0 Å². The maximum absolute atomic E-state index is 5.40. The zero-order valence-corrected chi connectivity index (χ0v) is 13.1. The van der Waals surface area contributed by atoms with Gasteiger partial charge in [-0.3, -0.25) is 0 Å². The maximum atomic E-state index is 5.40. The summed E-state index contributed by atoms with van der Waals surface area (Å²) in [6.07, 6.45) is 0.772. The molecule has 5 nitrogen and oxygen atoms in total. The van der Waals surface area contributed by atoms with Crippen molar-refractivity contribution in [1.29, 1.82) is 0 Å². The summed E-state index contributed by atoms with van der Waals surface area (Å²) in [5.41, 5.74) is 2.01. The van der Waals surface area contributed by atoms with Crippen LogP contribution in [0.2, 0.25) is 0 Å². The Morgan fingerprint density at radius 3 is 3.14 bits per heavy atom. The van der Waals surface area contributed by atoms with E-state index in [-0.39, 0.29) is 0 Å². The summed E-state index contributed by atoms with van der Waals surface area (Å²) >= 11 is 1.96. The van der Waals surface area contributed by atoms with E-state index in [0.717, 1.165) is 35.6 Å². The van der Waals surface area contributed by atoms with E-state index in [1.54, 1.807) is 7.11 Å². The molecular formula is C15H19N3O2S. The Labute approximate surface area is 128 Å². The van der Waals surface area contributed by atoms with Gasteiger partial charge in [-0.2, -0.15) is 16.7 Å². The first-order valence-electron chi connectivity index (χ1n) is 7.05. The summed E-state index contributed by atoms with van der Waals surface area (Å²) in [7, 11) is 1.66. The third-order valence-electron chi connectivity index (χ3n) is 3.49. The lowest BCUT2D eigenvalue weighted by Crippen LogP contribution is -2.38. The zero-order valence-electron chi connectivity index (χ0n) is 12.3. The van der Waals surface area contributed by atoms with Crippen LogP contribution in [0.1, 0.15) is 11.5 Å². The molecule has 2 heterocycles. The fraction of sp³-hybridized carbons (Fsp3) is 0.467. The van der Waals surface area contributed by atoms with Gasteiger partial charge in [0, 0.05) is 30.5 Å². The van der Waals surface area contributed by atoms with Crippen LogP contribution in [0.3, 0.4) is 0 Å². The number of nitrogens with zero attached hydrogens (tertiary/aromatic N) is 2. The molecule has 0 amide bonds. The number of aryl methyl sites for hydroxylation is 1. The Balaban J connectivity index is 1.78. The highest BCUT2D eigenvalue weighted by Crippen LogP contribution is 2.28. The molecule has 1 fully saturated rings. The second-order valence-electron chi connectivity index (χ2n) is 5.15. The topological polar surface area (TPSA) is 60.2 Å². The molecule has 21 heavy (non-hydrogen) atoms. The molecule has 1 saturated heterocycles. The van der Waals surface area contributed by atoms with E-state index in [2.05, 4.69) is 15.5 Å². The van der Waals surface area contributed by atoms with E-state index in [9.17, 15) is 0 Å². The molecule has 1 atom stereocenters. The summed E-state index contributed by atoms with van der Waals surface area (Å²) in [6.45, 7) is 3.07. The highest BCUT2D eigenvalue weighted by molar-refractivity contribution is 7.99. The molecule has 0 saturated carbocycles. The van der Waals surface area contributed by atoms with Crippen molar-refractivity contribution in [2.45, 2.75) is 19.4 Å². The molecule has 1 aromatic carbocycles. The number of rotatable bonds is 4. The van der Waals surface area contributed by atoms with E-state index in [4.69, 9.17) is 9.26 Å². The van der Waals surface area contributed by atoms with Crippen molar-refractivity contribution >= 4 is 11.8 Å². The van der Waals surface area contributed by atoms with Crippen molar-refractivity contribution in [2.75, 3.05) is 25.2 Å². The molecular weight excluding hydrogens is 286 g/mol. The van der Waals surface area contributed by atoms with Gasteiger partial charge in [0.15, 0.2) is 0 Å². The number of benzene rings is 1. The number of hydrogen-bond donors (Lipinski definition) is 1. The van der Waals surface area contributed by atoms with Gasteiger partial charge in [0.1, 0.15) is 5.75 Å². The van der Waals surface area contributed by atoms with Gasteiger partial charge in [0.2, 0.25) is 11.7 Å². The van der Waals surface area contributed by atoms with E-state index in [0.29, 0.717) is 17.8 Å². The van der Waals surface area contributed by atoms with Crippen molar-refractivity contribution < 1.29 is 9.26 Å². The molecule has 6 heteroatoms. The summed E-state index contributed by atoms with van der Waals surface area (Å²) in [5, 5.41) is 7.56. The smallest absolute Gasteiger partial charge is 0.228 e. The average molecular weight is 305 g/mol. The molecule has 0 bridgehead atoms. The van der Waals surface area contributed by atoms with Crippen molar-refractivity contribution in [3.05, 3.63) is 29.7 Å².